The Morgan fingerprint density at radius 1 is 0.508 bits per heavy atom. The van der Waals surface area contributed by atoms with E-state index in [1.165, 1.54) is 83.7 Å². The molecule has 0 fully saturated rings. The van der Waals surface area contributed by atoms with Gasteiger partial charge in [0, 0.05) is 33.8 Å². The van der Waals surface area contributed by atoms with Crippen molar-refractivity contribution < 1.29 is 4.42 Å². The molecule has 3 nitrogen and oxygen atoms in total. The first kappa shape index (κ1) is 41.6. The molecule has 0 spiro atoms. The van der Waals surface area contributed by atoms with Crippen molar-refractivity contribution in [1.29, 1.82) is 0 Å². The van der Waals surface area contributed by atoms with Crippen LogP contribution in [0.15, 0.2) is 89.3 Å². The van der Waals surface area contributed by atoms with Crippen LogP contribution < -0.4 is 26.4 Å². The van der Waals surface area contributed by atoms with Crippen molar-refractivity contribution in [1.82, 2.24) is 0 Å². The average molecular weight is 809 g/mol. The second kappa shape index (κ2) is 13.2. The molecule has 0 atom stereocenters. The van der Waals surface area contributed by atoms with Gasteiger partial charge >= 0.3 is 0 Å². The van der Waals surface area contributed by atoms with E-state index >= 15 is 0 Å². The Hall–Kier alpha value is -4.70. The Morgan fingerprint density at radius 3 is 1.56 bits per heavy atom. The Balaban J connectivity index is 1.44. The molecule has 0 bridgehead atoms. The van der Waals surface area contributed by atoms with Gasteiger partial charge in [-0.15, -0.1) is 0 Å². The third-order valence-corrected chi connectivity index (χ3v) is 14.5. The molecule has 4 heteroatoms. The molecule has 1 aromatic heterocycles. The molecule has 3 heterocycles. The summed E-state index contributed by atoms with van der Waals surface area (Å²) in [4.78, 5) is 5.19. The number of hydrogen-bond donors (Lipinski definition) is 0. The molecule has 0 saturated carbocycles. The number of anilines is 6. The number of benzene rings is 5. The number of hydrogen-bond acceptors (Lipinski definition) is 3. The van der Waals surface area contributed by atoms with Gasteiger partial charge in [-0.05, 0) is 157 Å². The smallest absolute Gasteiger partial charge is 0.297 e. The lowest BCUT2D eigenvalue weighted by molar-refractivity contribution is 0.332. The molecule has 3 aliphatic rings. The number of fused-ring (bicyclic) bond motifs is 7. The SMILES string of the molecule is Cc1cc2c3c(c1)N(c1ccc(C(C)(C)C)cc1)c1c(oc4ccc(C(C)(C)C)cc14)B3c1cc3c(cc1N2c1cc(C(C)(C)C)cc(C(C)(C)C)c1)C(C)(C)CCC3(C)C. The molecular formula is C57H69BN2O. The maximum absolute atomic E-state index is 7.37. The van der Waals surface area contributed by atoms with E-state index in [2.05, 4.69) is 212 Å². The molecule has 5 aromatic carbocycles. The average Bonchev–Trinajstić information content (AvgIpc) is 3.53. The van der Waals surface area contributed by atoms with Crippen LogP contribution in [0.3, 0.4) is 0 Å². The van der Waals surface area contributed by atoms with Crippen LogP contribution in [0.5, 0.6) is 0 Å². The van der Waals surface area contributed by atoms with E-state index in [1.807, 2.05) is 0 Å². The van der Waals surface area contributed by atoms with E-state index in [9.17, 15) is 0 Å². The van der Waals surface area contributed by atoms with Gasteiger partial charge < -0.3 is 14.2 Å². The summed E-state index contributed by atoms with van der Waals surface area (Å²) in [5.74, 6) is 0. The molecule has 0 unspecified atom stereocenters. The van der Waals surface area contributed by atoms with Gasteiger partial charge in [-0.1, -0.05) is 141 Å². The topological polar surface area (TPSA) is 19.6 Å². The van der Waals surface area contributed by atoms with E-state index < -0.39 is 0 Å². The molecule has 0 radical (unpaired) electrons. The lowest BCUT2D eigenvalue weighted by atomic mass is 9.35. The third kappa shape index (κ3) is 6.69. The zero-order valence-electron chi connectivity index (χ0n) is 40.4. The second-order valence-electron chi connectivity index (χ2n) is 24.4. The fraction of sp³-hybridized carbons (Fsp3) is 0.439. The molecule has 0 N–H and O–H groups in total. The third-order valence-electron chi connectivity index (χ3n) is 14.5. The summed E-state index contributed by atoms with van der Waals surface area (Å²) in [5, 5.41) is 1.17. The maximum atomic E-state index is 7.37. The highest BCUT2D eigenvalue weighted by molar-refractivity contribution is 7.00. The van der Waals surface area contributed by atoms with E-state index in [-0.39, 0.29) is 39.2 Å². The second-order valence-corrected chi connectivity index (χ2v) is 24.4. The minimum absolute atomic E-state index is 0.0171. The van der Waals surface area contributed by atoms with Crippen LogP contribution in [0.4, 0.5) is 34.1 Å². The van der Waals surface area contributed by atoms with Gasteiger partial charge in [0.05, 0.1) is 11.3 Å². The minimum atomic E-state index is -0.0959. The highest BCUT2D eigenvalue weighted by atomic mass is 16.3. The van der Waals surface area contributed by atoms with Crippen molar-refractivity contribution in [3.05, 3.63) is 124 Å². The van der Waals surface area contributed by atoms with Crippen LogP contribution in [0.25, 0.3) is 11.0 Å². The molecule has 316 valence electrons. The molecule has 9 rings (SSSR count). The molecule has 0 amide bonds. The fourth-order valence-electron chi connectivity index (χ4n) is 10.4. The first-order valence-corrected chi connectivity index (χ1v) is 22.9. The monoisotopic (exact) mass is 809 g/mol. The minimum Gasteiger partial charge on any atom is -0.468 e. The van der Waals surface area contributed by atoms with Crippen molar-refractivity contribution in [2.24, 2.45) is 0 Å². The summed E-state index contributed by atoms with van der Waals surface area (Å²) in [6.07, 6.45) is 2.32. The standard InChI is InChI=1S/C57H69BN2O/c1-34-26-46-49-47(27-34)60(39-21-18-35(19-22-39)52(2,3)4)50-41-31-36(53(5,6)7)20-23-48(41)61-51(50)58(49)44-32-42-43(57(16,17)25-24-56(42,14)15)33-45(44)59(46)40-29-37(54(8,9)10)28-38(30-40)55(11,12)13/h18-23,26-33H,24-25H2,1-17H3. The van der Waals surface area contributed by atoms with Crippen LogP contribution in [0, 0.1) is 6.92 Å². The van der Waals surface area contributed by atoms with Gasteiger partial charge in [-0.3, -0.25) is 0 Å². The summed E-state index contributed by atoms with van der Waals surface area (Å²) in [6.45, 7) is 40.0. The van der Waals surface area contributed by atoms with Gasteiger partial charge in [0.15, 0.2) is 0 Å². The molecule has 0 saturated heterocycles. The van der Waals surface area contributed by atoms with Crippen LogP contribution in [-0.2, 0) is 32.5 Å². The Morgan fingerprint density at radius 2 is 1.02 bits per heavy atom. The zero-order chi connectivity index (χ0) is 44.1. The lowest BCUT2D eigenvalue weighted by Crippen LogP contribution is -2.61. The predicted octanol–water partition coefficient (Wildman–Crippen LogP) is 14.4. The van der Waals surface area contributed by atoms with Crippen molar-refractivity contribution >= 4 is 68.4 Å². The predicted molar refractivity (Wildman–Crippen MR) is 265 cm³/mol. The summed E-state index contributed by atoms with van der Waals surface area (Å²) in [6, 6.07) is 33.8. The van der Waals surface area contributed by atoms with E-state index in [4.69, 9.17) is 4.42 Å². The van der Waals surface area contributed by atoms with Crippen LogP contribution >= 0.6 is 0 Å². The van der Waals surface area contributed by atoms with Gasteiger partial charge in [0.25, 0.3) is 6.71 Å². The molecular weight excluding hydrogens is 739 g/mol. The molecule has 6 aromatic rings. The van der Waals surface area contributed by atoms with Crippen LogP contribution in [0.1, 0.15) is 163 Å². The number of furan rings is 1. The largest absolute Gasteiger partial charge is 0.468 e. The number of nitrogens with zero attached hydrogens (tertiary/aromatic N) is 2. The van der Waals surface area contributed by atoms with Crippen molar-refractivity contribution in [2.75, 3.05) is 9.80 Å². The number of rotatable bonds is 2. The lowest BCUT2D eigenvalue weighted by Gasteiger charge is -2.47. The van der Waals surface area contributed by atoms with Gasteiger partial charge in [-0.2, -0.15) is 0 Å². The van der Waals surface area contributed by atoms with Crippen LogP contribution in [0.2, 0.25) is 0 Å². The Bertz CT molecular complexity index is 2720. The van der Waals surface area contributed by atoms with Gasteiger partial charge in [-0.25, -0.2) is 0 Å². The van der Waals surface area contributed by atoms with Crippen LogP contribution in [-0.4, -0.2) is 6.71 Å². The Kier molecular flexibility index (Phi) is 8.99. The zero-order valence-corrected chi connectivity index (χ0v) is 40.4. The van der Waals surface area contributed by atoms with Gasteiger partial charge in [0.2, 0.25) is 0 Å². The number of aryl methyl sites for hydroxylation is 1. The van der Waals surface area contributed by atoms with Crippen molar-refractivity contribution in [3.8, 4) is 0 Å². The summed E-state index contributed by atoms with van der Waals surface area (Å²) >= 11 is 0. The van der Waals surface area contributed by atoms with Crippen molar-refractivity contribution in [3.63, 3.8) is 0 Å². The van der Waals surface area contributed by atoms with E-state index in [0.29, 0.717) is 0 Å². The first-order valence-electron chi connectivity index (χ1n) is 22.9. The first-order chi connectivity index (χ1) is 28.1. The summed E-state index contributed by atoms with van der Waals surface area (Å²) in [7, 11) is 0. The highest BCUT2D eigenvalue weighted by Crippen LogP contribution is 2.52. The maximum Gasteiger partial charge on any atom is 0.297 e. The van der Waals surface area contributed by atoms with Gasteiger partial charge in [0.1, 0.15) is 5.58 Å². The normalized spacial score (nSPS) is 17.0. The van der Waals surface area contributed by atoms with E-state index in [1.54, 1.807) is 0 Å². The highest BCUT2D eigenvalue weighted by Gasteiger charge is 2.49. The fourth-order valence-corrected chi connectivity index (χ4v) is 10.4. The van der Waals surface area contributed by atoms with Crippen molar-refractivity contribution in [2.45, 2.75) is 163 Å². The van der Waals surface area contributed by atoms with E-state index in [0.717, 1.165) is 29.8 Å². The summed E-state index contributed by atoms with van der Waals surface area (Å²) < 4.78 is 7.37. The molecule has 2 aliphatic heterocycles. The molecule has 61 heavy (non-hydrogen) atoms. The quantitative estimate of drug-likeness (QED) is 0.162. The summed E-state index contributed by atoms with van der Waals surface area (Å²) in [5.41, 5.74) is 21.5. The molecule has 1 aliphatic carbocycles. The Labute approximate surface area is 368 Å².